The van der Waals surface area contributed by atoms with Crippen LogP contribution in [0.5, 0.6) is 0 Å². The summed E-state index contributed by atoms with van der Waals surface area (Å²) in [7, 11) is 0. The van der Waals surface area contributed by atoms with E-state index < -0.39 is 11.6 Å². The minimum Gasteiger partial charge on any atom is -0.311 e. The van der Waals surface area contributed by atoms with Crippen molar-refractivity contribution in [2.75, 3.05) is 6.54 Å². The van der Waals surface area contributed by atoms with Gasteiger partial charge in [-0.05, 0) is 31.4 Å². The molecular weight excluding hydrogens is 262 g/mol. The van der Waals surface area contributed by atoms with Gasteiger partial charge < -0.3 is 5.32 Å². The lowest BCUT2D eigenvalue weighted by atomic mass is 10.2. The lowest BCUT2D eigenvalue weighted by Gasteiger charge is -2.02. The van der Waals surface area contributed by atoms with E-state index in [1.807, 2.05) is 0 Å². The highest BCUT2D eigenvalue weighted by molar-refractivity contribution is 5.18. The van der Waals surface area contributed by atoms with Crippen molar-refractivity contribution in [1.29, 1.82) is 0 Å². The molecule has 1 aliphatic carbocycles. The fourth-order valence-corrected chi connectivity index (χ4v) is 2.05. The standard InChI is InChI=1S/C14H16F2N4/c15-12-4-3-11(14(16)5-12)8-20-9-13(18-19-20)7-17-6-10-1-2-10/h3-5,9-10,17H,1-2,6-8H2. The van der Waals surface area contributed by atoms with Gasteiger partial charge >= 0.3 is 0 Å². The van der Waals surface area contributed by atoms with Crippen LogP contribution < -0.4 is 5.32 Å². The summed E-state index contributed by atoms with van der Waals surface area (Å²) >= 11 is 0. The summed E-state index contributed by atoms with van der Waals surface area (Å²) in [5.74, 6) is -0.318. The third-order valence-electron chi connectivity index (χ3n) is 3.37. The monoisotopic (exact) mass is 278 g/mol. The molecule has 3 rings (SSSR count). The Labute approximate surface area is 115 Å². The van der Waals surface area contributed by atoms with Crippen LogP contribution >= 0.6 is 0 Å². The summed E-state index contributed by atoms with van der Waals surface area (Å²) in [6.45, 7) is 1.93. The molecule has 1 aromatic carbocycles. The maximum absolute atomic E-state index is 13.5. The van der Waals surface area contributed by atoms with E-state index in [2.05, 4.69) is 15.6 Å². The Morgan fingerprint density at radius 3 is 2.90 bits per heavy atom. The summed E-state index contributed by atoms with van der Waals surface area (Å²) in [6, 6.07) is 3.55. The van der Waals surface area contributed by atoms with E-state index in [9.17, 15) is 8.78 Å². The fourth-order valence-electron chi connectivity index (χ4n) is 2.05. The Bertz CT molecular complexity index is 593. The first-order valence-corrected chi connectivity index (χ1v) is 6.74. The van der Waals surface area contributed by atoms with E-state index in [1.54, 1.807) is 10.9 Å². The zero-order valence-corrected chi connectivity index (χ0v) is 11.0. The van der Waals surface area contributed by atoms with Crippen molar-refractivity contribution in [2.45, 2.75) is 25.9 Å². The molecule has 0 amide bonds. The Morgan fingerprint density at radius 2 is 2.15 bits per heavy atom. The third kappa shape index (κ3) is 3.39. The predicted molar refractivity (Wildman–Crippen MR) is 69.9 cm³/mol. The zero-order chi connectivity index (χ0) is 13.9. The van der Waals surface area contributed by atoms with Crippen molar-refractivity contribution in [3.63, 3.8) is 0 Å². The van der Waals surface area contributed by atoms with Crippen molar-refractivity contribution in [3.8, 4) is 0 Å². The van der Waals surface area contributed by atoms with Crippen LogP contribution in [0.2, 0.25) is 0 Å². The maximum Gasteiger partial charge on any atom is 0.131 e. The van der Waals surface area contributed by atoms with E-state index in [1.165, 1.54) is 25.0 Å². The number of halogens is 2. The van der Waals surface area contributed by atoms with Gasteiger partial charge in [-0.3, -0.25) is 0 Å². The molecule has 0 radical (unpaired) electrons. The van der Waals surface area contributed by atoms with Crippen LogP contribution in [-0.2, 0) is 13.1 Å². The van der Waals surface area contributed by atoms with Crippen molar-refractivity contribution >= 4 is 0 Å². The van der Waals surface area contributed by atoms with Crippen molar-refractivity contribution < 1.29 is 8.78 Å². The smallest absolute Gasteiger partial charge is 0.131 e. The second-order valence-corrected chi connectivity index (χ2v) is 5.22. The first-order valence-electron chi connectivity index (χ1n) is 6.74. The van der Waals surface area contributed by atoms with Gasteiger partial charge in [0.2, 0.25) is 0 Å². The molecule has 1 saturated carbocycles. The molecule has 0 atom stereocenters. The number of rotatable bonds is 6. The van der Waals surface area contributed by atoms with E-state index in [4.69, 9.17) is 0 Å². The lowest BCUT2D eigenvalue weighted by molar-refractivity contribution is 0.554. The summed E-state index contributed by atoms with van der Waals surface area (Å²) < 4.78 is 27.9. The highest BCUT2D eigenvalue weighted by atomic mass is 19.1. The Kier molecular flexibility index (Phi) is 3.73. The Balaban J connectivity index is 1.58. The summed E-state index contributed by atoms with van der Waals surface area (Å²) in [4.78, 5) is 0. The second kappa shape index (κ2) is 5.66. The van der Waals surface area contributed by atoms with E-state index in [0.29, 0.717) is 12.1 Å². The molecule has 1 aromatic heterocycles. The minimum absolute atomic E-state index is 0.252. The van der Waals surface area contributed by atoms with Gasteiger partial charge in [0, 0.05) is 18.2 Å². The van der Waals surface area contributed by atoms with Crippen LogP contribution in [0.3, 0.4) is 0 Å². The van der Waals surface area contributed by atoms with Gasteiger partial charge in [0.15, 0.2) is 0 Å². The van der Waals surface area contributed by atoms with Crippen LogP contribution in [0.15, 0.2) is 24.4 Å². The normalized spacial score (nSPS) is 14.7. The maximum atomic E-state index is 13.5. The van der Waals surface area contributed by atoms with Crippen molar-refractivity contribution in [3.05, 3.63) is 47.3 Å². The van der Waals surface area contributed by atoms with E-state index >= 15 is 0 Å². The average Bonchev–Trinajstić information content (AvgIpc) is 3.12. The zero-order valence-electron chi connectivity index (χ0n) is 11.0. The molecule has 20 heavy (non-hydrogen) atoms. The summed E-state index contributed by atoms with van der Waals surface area (Å²) in [5, 5.41) is 11.3. The third-order valence-corrected chi connectivity index (χ3v) is 3.37. The van der Waals surface area contributed by atoms with Crippen molar-refractivity contribution in [1.82, 2.24) is 20.3 Å². The first-order chi connectivity index (χ1) is 9.70. The first kappa shape index (κ1) is 13.2. The van der Waals surface area contributed by atoms with Crippen LogP contribution in [0.25, 0.3) is 0 Å². The van der Waals surface area contributed by atoms with Gasteiger partial charge in [-0.2, -0.15) is 0 Å². The minimum atomic E-state index is -0.574. The van der Waals surface area contributed by atoms with Crippen LogP contribution in [0, 0.1) is 17.6 Å². The largest absolute Gasteiger partial charge is 0.311 e. The van der Waals surface area contributed by atoms with Crippen LogP contribution in [0.4, 0.5) is 8.78 Å². The molecule has 4 nitrogen and oxygen atoms in total. The van der Waals surface area contributed by atoms with Crippen LogP contribution in [-0.4, -0.2) is 21.5 Å². The van der Waals surface area contributed by atoms with Gasteiger partial charge in [-0.15, -0.1) is 5.10 Å². The van der Waals surface area contributed by atoms with Gasteiger partial charge in [-0.25, -0.2) is 13.5 Å². The van der Waals surface area contributed by atoms with E-state index in [-0.39, 0.29) is 6.54 Å². The molecule has 106 valence electrons. The molecule has 0 spiro atoms. The molecule has 1 fully saturated rings. The molecule has 1 aliphatic rings. The number of hydrogen-bond donors (Lipinski definition) is 1. The van der Waals surface area contributed by atoms with Crippen molar-refractivity contribution in [2.24, 2.45) is 5.92 Å². The molecule has 6 heteroatoms. The summed E-state index contributed by atoms with van der Waals surface area (Å²) in [6.07, 6.45) is 4.40. The number of nitrogens with one attached hydrogen (secondary N) is 1. The van der Waals surface area contributed by atoms with Gasteiger partial charge in [0.25, 0.3) is 0 Å². The molecule has 0 unspecified atom stereocenters. The average molecular weight is 278 g/mol. The Morgan fingerprint density at radius 1 is 1.30 bits per heavy atom. The molecule has 0 bridgehead atoms. The quantitative estimate of drug-likeness (QED) is 0.880. The molecule has 0 saturated heterocycles. The highest BCUT2D eigenvalue weighted by Gasteiger charge is 2.20. The van der Waals surface area contributed by atoms with Gasteiger partial charge in [0.1, 0.15) is 11.6 Å². The highest BCUT2D eigenvalue weighted by Crippen LogP contribution is 2.27. The number of benzene rings is 1. The lowest BCUT2D eigenvalue weighted by Crippen LogP contribution is -2.16. The molecule has 0 aliphatic heterocycles. The molecule has 2 aromatic rings. The number of hydrogen-bond acceptors (Lipinski definition) is 3. The molecule has 1 N–H and O–H groups in total. The van der Waals surface area contributed by atoms with Gasteiger partial charge in [0.05, 0.1) is 18.4 Å². The number of nitrogens with zero attached hydrogens (tertiary/aromatic N) is 3. The van der Waals surface area contributed by atoms with Gasteiger partial charge in [-0.1, -0.05) is 11.3 Å². The fraction of sp³-hybridized carbons (Fsp3) is 0.429. The second-order valence-electron chi connectivity index (χ2n) is 5.22. The summed E-state index contributed by atoms with van der Waals surface area (Å²) in [5.41, 5.74) is 1.22. The SMILES string of the molecule is Fc1ccc(Cn2cc(CNCC3CC3)nn2)c(F)c1. The number of aromatic nitrogens is 3. The molecular formula is C14H16F2N4. The topological polar surface area (TPSA) is 42.7 Å². The van der Waals surface area contributed by atoms with Crippen LogP contribution in [0.1, 0.15) is 24.1 Å². The van der Waals surface area contributed by atoms with E-state index in [0.717, 1.165) is 24.2 Å². The molecule has 1 heterocycles. The Hall–Kier alpha value is -1.82. The predicted octanol–water partition coefficient (Wildman–Crippen LogP) is 2.10.